The van der Waals surface area contributed by atoms with Crippen LogP contribution in [0.1, 0.15) is 23.1 Å². The van der Waals surface area contributed by atoms with E-state index in [1.807, 2.05) is 0 Å². The van der Waals surface area contributed by atoms with Crippen molar-refractivity contribution in [1.29, 1.82) is 0 Å². The van der Waals surface area contributed by atoms with E-state index < -0.39 is 10.8 Å². The molecule has 0 fully saturated rings. The highest BCUT2D eigenvalue weighted by Crippen LogP contribution is 2.20. The van der Waals surface area contributed by atoms with Gasteiger partial charge in [0.2, 0.25) is 5.69 Å². The first kappa shape index (κ1) is 16.8. The van der Waals surface area contributed by atoms with Gasteiger partial charge in [0.25, 0.3) is 5.91 Å². The number of hydrogen-bond acceptors (Lipinski definition) is 5. The quantitative estimate of drug-likeness (QED) is 0.621. The minimum absolute atomic E-state index is 0.171. The summed E-state index contributed by atoms with van der Waals surface area (Å²) in [4.78, 5) is 22.3. The van der Waals surface area contributed by atoms with E-state index in [9.17, 15) is 14.9 Å². The van der Waals surface area contributed by atoms with Gasteiger partial charge in [0.1, 0.15) is 17.5 Å². The van der Waals surface area contributed by atoms with Crippen LogP contribution in [0.2, 0.25) is 5.02 Å². The molecule has 1 aromatic heterocycles. The van der Waals surface area contributed by atoms with Gasteiger partial charge in [0.05, 0.1) is 11.5 Å². The Morgan fingerprint density at radius 3 is 2.74 bits per heavy atom. The van der Waals surface area contributed by atoms with Crippen molar-refractivity contribution in [2.24, 2.45) is 0 Å². The SMILES string of the molecule is Cc1[nH]nc(C(=O)NC[C@@H](C)Oc2ccc(Cl)cc2)c1[N+](=O)[O-]. The van der Waals surface area contributed by atoms with Crippen LogP contribution in [0, 0.1) is 17.0 Å². The highest BCUT2D eigenvalue weighted by Gasteiger charge is 2.27. The molecule has 2 N–H and O–H groups in total. The monoisotopic (exact) mass is 338 g/mol. The zero-order valence-corrected chi connectivity index (χ0v) is 13.3. The topological polar surface area (TPSA) is 110 Å². The molecule has 0 bridgehead atoms. The summed E-state index contributed by atoms with van der Waals surface area (Å²) in [7, 11) is 0. The van der Waals surface area contributed by atoms with E-state index in [2.05, 4.69) is 15.5 Å². The predicted octanol–water partition coefficient (Wildman–Crippen LogP) is 2.48. The molecule has 0 spiro atoms. The number of aromatic amines is 1. The second-order valence-electron chi connectivity index (χ2n) is 4.90. The molecule has 2 rings (SSSR count). The van der Waals surface area contributed by atoms with Gasteiger partial charge in [-0.1, -0.05) is 11.6 Å². The van der Waals surface area contributed by atoms with Crippen LogP contribution in [0.5, 0.6) is 5.75 Å². The standard InChI is InChI=1S/C14H15ClN4O4/c1-8(23-11-5-3-10(15)4-6-11)7-16-14(20)12-13(19(21)22)9(2)17-18-12/h3-6,8H,7H2,1-2H3,(H,16,20)(H,17,18)/t8-/m1/s1. The van der Waals surface area contributed by atoms with Crippen LogP contribution in [-0.4, -0.2) is 33.7 Å². The van der Waals surface area contributed by atoms with Crippen molar-refractivity contribution in [1.82, 2.24) is 15.5 Å². The maximum absolute atomic E-state index is 12.0. The van der Waals surface area contributed by atoms with Crippen molar-refractivity contribution in [2.75, 3.05) is 6.54 Å². The summed E-state index contributed by atoms with van der Waals surface area (Å²) in [6, 6.07) is 6.81. The largest absolute Gasteiger partial charge is 0.489 e. The Kier molecular flexibility index (Phi) is 5.17. The molecular formula is C14H15ClN4O4. The van der Waals surface area contributed by atoms with E-state index >= 15 is 0 Å². The molecule has 23 heavy (non-hydrogen) atoms. The van der Waals surface area contributed by atoms with Crippen LogP contribution < -0.4 is 10.1 Å². The molecule has 122 valence electrons. The lowest BCUT2D eigenvalue weighted by Crippen LogP contribution is -2.34. The Labute approximate surface area is 136 Å². The summed E-state index contributed by atoms with van der Waals surface area (Å²) in [6.45, 7) is 3.41. The Balaban J connectivity index is 1.94. The summed E-state index contributed by atoms with van der Waals surface area (Å²) >= 11 is 5.78. The molecule has 0 unspecified atom stereocenters. The average Bonchev–Trinajstić information content (AvgIpc) is 2.89. The molecule has 0 radical (unpaired) electrons. The number of aromatic nitrogens is 2. The number of nitrogens with one attached hydrogen (secondary N) is 2. The normalized spacial score (nSPS) is 11.8. The minimum atomic E-state index is -0.638. The maximum Gasteiger partial charge on any atom is 0.322 e. The van der Waals surface area contributed by atoms with E-state index in [1.165, 1.54) is 6.92 Å². The van der Waals surface area contributed by atoms with Gasteiger partial charge in [-0.2, -0.15) is 5.10 Å². The van der Waals surface area contributed by atoms with E-state index in [4.69, 9.17) is 16.3 Å². The van der Waals surface area contributed by atoms with Gasteiger partial charge in [0, 0.05) is 5.02 Å². The number of hydrogen-bond donors (Lipinski definition) is 2. The highest BCUT2D eigenvalue weighted by atomic mass is 35.5. The third kappa shape index (κ3) is 4.19. The average molecular weight is 339 g/mol. The summed E-state index contributed by atoms with van der Waals surface area (Å²) in [6.07, 6.45) is -0.334. The lowest BCUT2D eigenvalue weighted by atomic mass is 10.3. The van der Waals surface area contributed by atoms with Crippen molar-refractivity contribution in [2.45, 2.75) is 20.0 Å². The number of carbonyl (C=O) groups excluding carboxylic acids is 1. The van der Waals surface area contributed by atoms with Crippen LogP contribution in [0.4, 0.5) is 5.69 Å². The van der Waals surface area contributed by atoms with Crippen molar-refractivity contribution >= 4 is 23.2 Å². The summed E-state index contributed by atoms with van der Waals surface area (Å²) in [5.74, 6) is -0.0228. The van der Waals surface area contributed by atoms with E-state index in [0.29, 0.717) is 10.8 Å². The molecule has 1 amide bonds. The molecule has 0 aliphatic heterocycles. The fourth-order valence-corrected chi connectivity index (χ4v) is 2.04. The van der Waals surface area contributed by atoms with Crippen molar-refractivity contribution in [3.8, 4) is 5.75 Å². The molecule has 0 saturated carbocycles. The number of nitro groups is 1. The van der Waals surface area contributed by atoms with Gasteiger partial charge < -0.3 is 10.1 Å². The number of nitrogens with zero attached hydrogens (tertiary/aromatic N) is 2. The maximum atomic E-state index is 12.0. The second kappa shape index (κ2) is 7.10. The van der Waals surface area contributed by atoms with Crippen molar-refractivity contribution in [3.05, 3.63) is 50.8 Å². The Morgan fingerprint density at radius 1 is 1.48 bits per heavy atom. The van der Waals surface area contributed by atoms with Gasteiger partial charge >= 0.3 is 5.69 Å². The number of H-pyrrole nitrogens is 1. The van der Waals surface area contributed by atoms with Gasteiger partial charge in [-0.05, 0) is 38.1 Å². The first-order chi connectivity index (χ1) is 10.9. The number of carbonyl (C=O) groups is 1. The van der Waals surface area contributed by atoms with Crippen LogP contribution in [0.3, 0.4) is 0 Å². The molecule has 1 atom stereocenters. The molecule has 8 nitrogen and oxygen atoms in total. The number of benzene rings is 1. The van der Waals surface area contributed by atoms with Gasteiger partial charge in [-0.15, -0.1) is 0 Å². The number of rotatable bonds is 6. The first-order valence-corrected chi connectivity index (χ1v) is 7.16. The number of halogens is 1. The van der Waals surface area contributed by atoms with E-state index in [-0.39, 0.29) is 29.7 Å². The molecule has 0 aliphatic rings. The van der Waals surface area contributed by atoms with Crippen LogP contribution in [0.15, 0.2) is 24.3 Å². The number of aryl methyl sites for hydroxylation is 1. The molecule has 1 heterocycles. The van der Waals surface area contributed by atoms with E-state index in [0.717, 1.165) is 0 Å². The Hall–Kier alpha value is -2.61. The Morgan fingerprint density at radius 2 is 2.13 bits per heavy atom. The molecular weight excluding hydrogens is 324 g/mol. The molecule has 0 saturated heterocycles. The van der Waals surface area contributed by atoms with Crippen LogP contribution in [-0.2, 0) is 0 Å². The molecule has 1 aromatic carbocycles. The third-order valence-electron chi connectivity index (χ3n) is 3.01. The van der Waals surface area contributed by atoms with Crippen LogP contribution in [0.25, 0.3) is 0 Å². The lowest BCUT2D eigenvalue weighted by Gasteiger charge is -2.15. The van der Waals surface area contributed by atoms with Gasteiger partial charge in [-0.3, -0.25) is 20.0 Å². The summed E-state index contributed by atoms with van der Waals surface area (Å²) in [5.41, 5.74) is -0.342. The predicted molar refractivity (Wildman–Crippen MR) is 83.9 cm³/mol. The third-order valence-corrected chi connectivity index (χ3v) is 3.27. The van der Waals surface area contributed by atoms with Crippen molar-refractivity contribution < 1.29 is 14.5 Å². The zero-order valence-electron chi connectivity index (χ0n) is 12.5. The molecule has 0 aliphatic carbocycles. The van der Waals surface area contributed by atoms with E-state index in [1.54, 1.807) is 31.2 Å². The zero-order chi connectivity index (χ0) is 17.0. The van der Waals surface area contributed by atoms with Gasteiger partial charge in [-0.25, -0.2) is 0 Å². The second-order valence-corrected chi connectivity index (χ2v) is 5.33. The van der Waals surface area contributed by atoms with Crippen molar-refractivity contribution in [3.63, 3.8) is 0 Å². The van der Waals surface area contributed by atoms with Crippen LogP contribution >= 0.6 is 11.6 Å². The summed E-state index contributed by atoms with van der Waals surface area (Å²) in [5, 5.41) is 20.2. The Bertz CT molecular complexity index is 714. The molecule has 9 heteroatoms. The minimum Gasteiger partial charge on any atom is -0.489 e. The van der Waals surface area contributed by atoms with Gasteiger partial charge in [0.15, 0.2) is 0 Å². The smallest absolute Gasteiger partial charge is 0.322 e. The molecule has 2 aromatic rings. The fourth-order valence-electron chi connectivity index (χ4n) is 1.91. The summed E-state index contributed by atoms with van der Waals surface area (Å²) < 4.78 is 5.60. The number of amides is 1. The highest BCUT2D eigenvalue weighted by molar-refractivity contribution is 6.30. The number of ether oxygens (including phenoxy) is 1. The first-order valence-electron chi connectivity index (χ1n) is 6.78. The lowest BCUT2D eigenvalue weighted by molar-refractivity contribution is -0.385. The fraction of sp³-hybridized carbons (Fsp3) is 0.286.